The molecule has 3 unspecified atom stereocenters. The molecule has 32 heavy (non-hydrogen) atoms. The van der Waals surface area contributed by atoms with Crippen molar-refractivity contribution in [2.75, 3.05) is 31.2 Å². The zero-order valence-corrected chi connectivity index (χ0v) is 19.3. The number of hydrogen-bond donors (Lipinski definition) is 1. The molecule has 2 saturated heterocycles. The highest BCUT2D eigenvalue weighted by atomic mass is 32.1. The summed E-state index contributed by atoms with van der Waals surface area (Å²) in [6.07, 6.45) is 0.744. The van der Waals surface area contributed by atoms with Gasteiger partial charge in [-0.2, -0.15) is 0 Å². The molecule has 0 aliphatic carbocycles. The van der Waals surface area contributed by atoms with E-state index in [-0.39, 0.29) is 17.7 Å². The third-order valence-corrected chi connectivity index (χ3v) is 7.08. The molecule has 1 aromatic carbocycles. The maximum atomic E-state index is 13.4. The van der Waals surface area contributed by atoms with Gasteiger partial charge in [0.2, 0.25) is 17.7 Å². The van der Waals surface area contributed by atoms with Crippen molar-refractivity contribution in [1.29, 1.82) is 0 Å². The fraction of sp³-hybridized carbons (Fsp3) is 0.458. The Morgan fingerprint density at radius 2 is 1.88 bits per heavy atom. The monoisotopic (exact) mass is 455 g/mol. The van der Waals surface area contributed by atoms with E-state index in [9.17, 15) is 14.4 Å². The van der Waals surface area contributed by atoms with Crippen molar-refractivity contribution >= 4 is 34.7 Å². The van der Waals surface area contributed by atoms with Crippen LogP contribution in [0.3, 0.4) is 0 Å². The second kappa shape index (κ2) is 9.83. The van der Waals surface area contributed by atoms with E-state index in [1.165, 1.54) is 11.3 Å². The van der Waals surface area contributed by atoms with Crippen LogP contribution in [0.2, 0.25) is 0 Å². The van der Waals surface area contributed by atoms with Gasteiger partial charge in [-0.05, 0) is 43.8 Å². The first-order chi connectivity index (χ1) is 15.5. The zero-order valence-electron chi connectivity index (χ0n) is 18.5. The molecule has 0 spiro atoms. The fourth-order valence-electron chi connectivity index (χ4n) is 4.40. The van der Waals surface area contributed by atoms with Gasteiger partial charge in [0.1, 0.15) is 6.04 Å². The smallest absolute Gasteiger partial charge is 0.245 e. The van der Waals surface area contributed by atoms with Crippen molar-refractivity contribution in [1.82, 2.24) is 10.2 Å². The number of piperidine rings is 1. The Bertz CT molecular complexity index is 954. The Kier molecular flexibility index (Phi) is 6.91. The molecule has 8 heteroatoms. The Balaban J connectivity index is 1.57. The molecular weight excluding hydrogens is 426 g/mol. The van der Waals surface area contributed by atoms with Gasteiger partial charge >= 0.3 is 0 Å². The molecule has 1 aromatic heterocycles. The van der Waals surface area contributed by atoms with E-state index in [1.54, 1.807) is 16.7 Å². The lowest BCUT2D eigenvalue weighted by molar-refractivity contribution is -0.140. The van der Waals surface area contributed by atoms with Crippen LogP contribution >= 0.6 is 11.3 Å². The predicted molar refractivity (Wildman–Crippen MR) is 123 cm³/mol. The van der Waals surface area contributed by atoms with E-state index in [2.05, 4.69) is 5.32 Å². The van der Waals surface area contributed by atoms with Crippen molar-refractivity contribution in [3.05, 3.63) is 52.2 Å². The summed E-state index contributed by atoms with van der Waals surface area (Å²) < 4.78 is 5.32. The summed E-state index contributed by atoms with van der Waals surface area (Å²) in [7, 11) is 0. The Labute approximate surface area is 192 Å². The molecule has 2 fully saturated rings. The van der Waals surface area contributed by atoms with Crippen molar-refractivity contribution < 1.29 is 19.1 Å². The summed E-state index contributed by atoms with van der Waals surface area (Å²) in [4.78, 5) is 43.7. The van der Waals surface area contributed by atoms with E-state index >= 15 is 0 Å². The fourth-order valence-corrected chi connectivity index (χ4v) is 5.28. The molecule has 2 aliphatic heterocycles. The third kappa shape index (κ3) is 4.71. The van der Waals surface area contributed by atoms with Crippen LogP contribution in [-0.4, -0.2) is 55.0 Å². The van der Waals surface area contributed by atoms with E-state index in [0.29, 0.717) is 39.1 Å². The average Bonchev–Trinajstić information content (AvgIpc) is 3.34. The summed E-state index contributed by atoms with van der Waals surface area (Å²) in [6.45, 7) is 5.83. The molecule has 0 radical (unpaired) electrons. The topological polar surface area (TPSA) is 79.0 Å². The maximum Gasteiger partial charge on any atom is 0.245 e. The van der Waals surface area contributed by atoms with Crippen LogP contribution in [0.25, 0.3) is 0 Å². The molecule has 2 aromatic rings. The van der Waals surface area contributed by atoms with Gasteiger partial charge in [-0.25, -0.2) is 0 Å². The van der Waals surface area contributed by atoms with E-state index in [4.69, 9.17) is 4.74 Å². The standard InChI is InChI=1S/C24H29N3O4S/c1-16-5-7-18(8-6-16)27-21(28)10-9-19(22(27)20-4-3-15-32-20)23(29)25-17(2)24(30)26-11-13-31-14-12-26/h3-8,15,17,19,22H,9-14H2,1-2H3,(H,25,29). The number of morpholine rings is 1. The van der Waals surface area contributed by atoms with Gasteiger partial charge in [0.05, 0.1) is 25.2 Å². The molecule has 3 amide bonds. The Morgan fingerprint density at radius 1 is 1.16 bits per heavy atom. The largest absolute Gasteiger partial charge is 0.378 e. The highest BCUT2D eigenvalue weighted by Gasteiger charge is 2.42. The zero-order chi connectivity index (χ0) is 22.7. The highest BCUT2D eigenvalue weighted by molar-refractivity contribution is 7.10. The van der Waals surface area contributed by atoms with E-state index < -0.39 is 18.0 Å². The van der Waals surface area contributed by atoms with Crippen LogP contribution in [0.1, 0.15) is 36.2 Å². The quantitative estimate of drug-likeness (QED) is 0.752. The van der Waals surface area contributed by atoms with Gasteiger partial charge in [-0.3, -0.25) is 14.4 Å². The number of aryl methyl sites for hydroxylation is 1. The van der Waals surface area contributed by atoms with Crippen LogP contribution in [0.15, 0.2) is 41.8 Å². The van der Waals surface area contributed by atoms with Gasteiger partial charge in [0.25, 0.3) is 0 Å². The minimum Gasteiger partial charge on any atom is -0.378 e. The number of amides is 3. The first-order valence-corrected chi connectivity index (χ1v) is 11.9. The first kappa shape index (κ1) is 22.5. The second-order valence-corrected chi connectivity index (χ2v) is 9.35. The number of carbonyl (C=O) groups is 3. The lowest BCUT2D eigenvalue weighted by atomic mass is 9.86. The molecule has 1 N–H and O–H groups in total. The summed E-state index contributed by atoms with van der Waals surface area (Å²) >= 11 is 1.54. The maximum absolute atomic E-state index is 13.4. The number of benzene rings is 1. The molecule has 4 rings (SSSR count). The molecule has 2 aliphatic rings. The number of hydrogen-bond acceptors (Lipinski definition) is 5. The van der Waals surface area contributed by atoms with Crippen LogP contribution in [0.5, 0.6) is 0 Å². The number of nitrogens with zero attached hydrogens (tertiary/aromatic N) is 2. The van der Waals surface area contributed by atoms with Gasteiger partial charge in [-0.1, -0.05) is 23.8 Å². The normalized spacial score (nSPS) is 22.5. The molecular formula is C24H29N3O4S. The second-order valence-electron chi connectivity index (χ2n) is 8.37. The highest BCUT2D eigenvalue weighted by Crippen LogP contribution is 2.41. The SMILES string of the molecule is Cc1ccc(N2C(=O)CCC(C(=O)NC(C)C(=O)N3CCOCC3)C2c2cccs2)cc1. The minimum absolute atomic E-state index is 0.00810. The summed E-state index contributed by atoms with van der Waals surface area (Å²) in [6, 6.07) is 10.7. The Hall–Kier alpha value is -2.71. The van der Waals surface area contributed by atoms with E-state index in [1.807, 2.05) is 48.7 Å². The van der Waals surface area contributed by atoms with E-state index in [0.717, 1.165) is 16.1 Å². The van der Waals surface area contributed by atoms with Crippen LogP contribution < -0.4 is 10.2 Å². The lowest BCUT2D eigenvalue weighted by Crippen LogP contribution is -2.54. The molecule has 0 bridgehead atoms. The van der Waals surface area contributed by atoms with Crippen LogP contribution in [-0.2, 0) is 19.1 Å². The number of thiophene rings is 1. The molecule has 7 nitrogen and oxygen atoms in total. The first-order valence-electron chi connectivity index (χ1n) is 11.0. The third-order valence-electron chi connectivity index (χ3n) is 6.13. The minimum atomic E-state index is -0.630. The summed E-state index contributed by atoms with van der Waals surface area (Å²) in [5.74, 6) is -0.722. The van der Waals surface area contributed by atoms with Crippen LogP contribution in [0.4, 0.5) is 5.69 Å². The van der Waals surface area contributed by atoms with Crippen molar-refractivity contribution in [3.63, 3.8) is 0 Å². The number of carbonyl (C=O) groups excluding carboxylic acids is 3. The Morgan fingerprint density at radius 3 is 2.53 bits per heavy atom. The predicted octanol–water partition coefficient (Wildman–Crippen LogP) is 2.90. The van der Waals surface area contributed by atoms with Crippen molar-refractivity contribution in [3.8, 4) is 0 Å². The summed E-state index contributed by atoms with van der Waals surface area (Å²) in [5.41, 5.74) is 1.89. The van der Waals surface area contributed by atoms with Gasteiger partial charge in [0, 0.05) is 30.1 Å². The van der Waals surface area contributed by atoms with Gasteiger partial charge < -0.3 is 19.9 Å². The number of rotatable bonds is 5. The van der Waals surface area contributed by atoms with Crippen LogP contribution in [0, 0.1) is 12.8 Å². The molecule has 3 atom stereocenters. The number of nitrogens with one attached hydrogen (secondary N) is 1. The average molecular weight is 456 g/mol. The van der Waals surface area contributed by atoms with Crippen molar-refractivity contribution in [2.45, 2.75) is 38.8 Å². The van der Waals surface area contributed by atoms with Gasteiger partial charge in [-0.15, -0.1) is 11.3 Å². The summed E-state index contributed by atoms with van der Waals surface area (Å²) in [5, 5.41) is 4.89. The molecule has 170 valence electrons. The molecule has 0 saturated carbocycles. The van der Waals surface area contributed by atoms with Crippen molar-refractivity contribution in [2.24, 2.45) is 5.92 Å². The number of ether oxygens (including phenoxy) is 1. The number of anilines is 1. The lowest BCUT2D eigenvalue weighted by Gasteiger charge is -2.40. The molecule has 3 heterocycles. The van der Waals surface area contributed by atoms with Gasteiger partial charge in [0.15, 0.2) is 0 Å².